The normalized spacial score (nSPS) is 11.8. The highest BCUT2D eigenvalue weighted by Crippen LogP contribution is 2.34. The van der Waals surface area contributed by atoms with Crippen LogP contribution in [0.25, 0.3) is 0 Å². The summed E-state index contributed by atoms with van der Waals surface area (Å²) in [5.41, 5.74) is 0.540. The van der Waals surface area contributed by atoms with Gasteiger partial charge in [0.1, 0.15) is 5.75 Å². The van der Waals surface area contributed by atoms with Crippen LogP contribution in [0.5, 0.6) is 17.2 Å². The Labute approximate surface area is 159 Å². The minimum absolute atomic E-state index is 0.153. The number of carbonyl (C=O) groups excluding carboxylic acids is 2. The minimum Gasteiger partial charge on any atom is -0.482 e. The topological polar surface area (TPSA) is 85.9 Å². The highest BCUT2D eigenvalue weighted by Gasteiger charge is 2.14. The van der Waals surface area contributed by atoms with Crippen molar-refractivity contribution in [3.05, 3.63) is 46.4 Å². The van der Waals surface area contributed by atoms with E-state index in [4.69, 9.17) is 37.4 Å². The standard InChI is InChI=1S/C17H14Cl2N2O5/c18-10-1-3-13(12(19)5-10)24-8-17(23)20-7-16(22)21-11-2-4-14-15(6-11)26-9-25-14/h1-6H,7-9H2,(H,20,23)(H,21,22). The predicted molar refractivity (Wildman–Crippen MR) is 96.2 cm³/mol. The zero-order valence-electron chi connectivity index (χ0n) is 13.4. The first-order valence-corrected chi connectivity index (χ1v) is 8.31. The van der Waals surface area contributed by atoms with Crippen LogP contribution in [0.15, 0.2) is 36.4 Å². The van der Waals surface area contributed by atoms with Gasteiger partial charge in [0.15, 0.2) is 18.1 Å². The van der Waals surface area contributed by atoms with Crippen molar-refractivity contribution in [2.75, 3.05) is 25.3 Å². The lowest BCUT2D eigenvalue weighted by Gasteiger charge is -2.09. The molecule has 0 spiro atoms. The Morgan fingerprint density at radius 3 is 2.65 bits per heavy atom. The van der Waals surface area contributed by atoms with Crippen LogP contribution in [0.1, 0.15) is 0 Å². The molecule has 2 N–H and O–H groups in total. The van der Waals surface area contributed by atoms with E-state index in [-0.39, 0.29) is 25.9 Å². The van der Waals surface area contributed by atoms with Gasteiger partial charge in [-0.05, 0) is 30.3 Å². The molecule has 1 aliphatic heterocycles. The van der Waals surface area contributed by atoms with Gasteiger partial charge in [0.25, 0.3) is 5.91 Å². The van der Waals surface area contributed by atoms with E-state index in [1.165, 1.54) is 6.07 Å². The number of fused-ring (bicyclic) bond motifs is 1. The van der Waals surface area contributed by atoms with E-state index in [0.717, 1.165) is 0 Å². The Morgan fingerprint density at radius 2 is 1.85 bits per heavy atom. The largest absolute Gasteiger partial charge is 0.482 e. The second-order valence-corrected chi connectivity index (χ2v) is 6.10. The quantitative estimate of drug-likeness (QED) is 0.783. The number of hydrogen-bond donors (Lipinski definition) is 2. The Balaban J connectivity index is 1.43. The maximum Gasteiger partial charge on any atom is 0.258 e. The van der Waals surface area contributed by atoms with Gasteiger partial charge in [-0.25, -0.2) is 0 Å². The van der Waals surface area contributed by atoms with Crippen molar-refractivity contribution in [2.24, 2.45) is 0 Å². The maximum atomic E-state index is 11.9. The van der Waals surface area contributed by atoms with Crippen molar-refractivity contribution in [1.82, 2.24) is 5.32 Å². The van der Waals surface area contributed by atoms with Crippen LogP contribution in [0, 0.1) is 0 Å². The molecular weight excluding hydrogens is 383 g/mol. The van der Waals surface area contributed by atoms with E-state index in [1.54, 1.807) is 30.3 Å². The van der Waals surface area contributed by atoms with Gasteiger partial charge in [-0.1, -0.05) is 23.2 Å². The molecule has 0 saturated heterocycles. The van der Waals surface area contributed by atoms with Crippen LogP contribution in [0.3, 0.4) is 0 Å². The number of rotatable bonds is 6. The lowest BCUT2D eigenvalue weighted by atomic mass is 10.3. The number of anilines is 1. The molecule has 2 aromatic carbocycles. The molecule has 3 rings (SSSR count). The fourth-order valence-electron chi connectivity index (χ4n) is 2.14. The molecule has 1 heterocycles. The summed E-state index contributed by atoms with van der Waals surface area (Å²) >= 11 is 11.7. The molecule has 7 nitrogen and oxygen atoms in total. The van der Waals surface area contributed by atoms with Crippen LogP contribution in [0.2, 0.25) is 10.0 Å². The molecule has 0 unspecified atom stereocenters. The number of amides is 2. The van der Waals surface area contributed by atoms with Gasteiger partial charge >= 0.3 is 0 Å². The van der Waals surface area contributed by atoms with Crippen LogP contribution in [-0.4, -0.2) is 31.8 Å². The summed E-state index contributed by atoms with van der Waals surface area (Å²) in [4.78, 5) is 23.7. The van der Waals surface area contributed by atoms with Gasteiger partial charge < -0.3 is 24.8 Å². The van der Waals surface area contributed by atoms with Gasteiger partial charge in [-0.2, -0.15) is 0 Å². The molecule has 0 fully saturated rings. The number of nitrogens with one attached hydrogen (secondary N) is 2. The molecule has 9 heteroatoms. The van der Waals surface area contributed by atoms with Gasteiger partial charge in [0.05, 0.1) is 11.6 Å². The molecule has 26 heavy (non-hydrogen) atoms. The van der Waals surface area contributed by atoms with E-state index < -0.39 is 5.91 Å². The number of carbonyl (C=O) groups is 2. The Hall–Kier alpha value is -2.64. The smallest absolute Gasteiger partial charge is 0.258 e. The summed E-state index contributed by atoms with van der Waals surface area (Å²) in [7, 11) is 0. The molecule has 0 bridgehead atoms. The summed E-state index contributed by atoms with van der Waals surface area (Å²) in [5, 5.41) is 5.87. The lowest BCUT2D eigenvalue weighted by Crippen LogP contribution is -2.35. The second kappa shape index (κ2) is 8.16. The molecule has 2 amide bonds. The number of hydrogen-bond acceptors (Lipinski definition) is 5. The average molecular weight is 397 g/mol. The van der Waals surface area contributed by atoms with Gasteiger partial charge in [0, 0.05) is 16.8 Å². The summed E-state index contributed by atoms with van der Waals surface area (Å²) in [6.07, 6.45) is 0. The van der Waals surface area contributed by atoms with Crippen molar-refractivity contribution in [3.8, 4) is 17.2 Å². The molecule has 1 aliphatic rings. The van der Waals surface area contributed by atoms with Crippen molar-refractivity contribution in [2.45, 2.75) is 0 Å². The maximum absolute atomic E-state index is 11.9. The van der Waals surface area contributed by atoms with Gasteiger partial charge in [-0.15, -0.1) is 0 Å². The molecule has 136 valence electrons. The summed E-state index contributed by atoms with van der Waals surface area (Å²) in [5.74, 6) is 0.656. The fourth-order valence-corrected chi connectivity index (χ4v) is 2.61. The van der Waals surface area contributed by atoms with E-state index in [0.29, 0.717) is 33.0 Å². The van der Waals surface area contributed by atoms with E-state index in [1.807, 2.05) is 0 Å². The van der Waals surface area contributed by atoms with E-state index in [9.17, 15) is 9.59 Å². The van der Waals surface area contributed by atoms with Crippen molar-refractivity contribution in [3.63, 3.8) is 0 Å². The van der Waals surface area contributed by atoms with E-state index >= 15 is 0 Å². The molecule has 0 aromatic heterocycles. The number of benzene rings is 2. The van der Waals surface area contributed by atoms with Crippen LogP contribution in [-0.2, 0) is 9.59 Å². The molecule has 0 radical (unpaired) electrons. The molecular formula is C17H14Cl2N2O5. The summed E-state index contributed by atoms with van der Waals surface area (Å²) in [6, 6.07) is 9.69. The average Bonchev–Trinajstić information content (AvgIpc) is 3.07. The Morgan fingerprint density at radius 1 is 1.04 bits per heavy atom. The van der Waals surface area contributed by atoms with Crippen molar-refractivity contribution < 1.29 is 23.8 Å². The first-order chi connectivity index (χ1) is 12.5. The number of halogens is 2. The van der Waals surface area contributed by atoms with Crippen LogP contribution >= 0.6 is 23.2 Å². The van der Waals surface area contributed by atoms with E-state index in [2.05, 4.69) is 10.6 Å². The third kappa shape index (κ3) is 4.71. The first kappa shape index (κ1) is 18.2. The van der Waals surface area contributed by atoms with Crippen molar-refractivity contribution >= 4 is 40.7 Å². The SMILES string of the molecule is O=C(COc1ccc(Cl)cc1Cl)NCC(=O)Nc1ccc2c(c1)OCO2. The first-order valence-electron chi connectivity index (χ1n) is 7.55. The summed E-state index contributed by atoms with van der Waals surface area (Å²) in [6.45, 7) is -0.329. The summed E-state index contributed by atoms with van der Waals surface area (Å²) < 4.78 is 15.7. The van der Waals surface area contributed by atoms with Crippen LogP contribution in [0.4, 0.5) is 5.69 Å². The molecule has 0 atom stereocenters. The molecule has 2 aromatic rings. The number of ether oxygens (including phenoxy) is 3. The monoisotopic (exact) mass is 396 g/mol. The predicted octanol–water partition coefficient (Wildman–Crippen LogP) is 2.86. The second-order valence-electron chi connectivity index (χ2n) is 5.26. The van der Waals surface area contributed by atoms with Crippen LogP contribution < -0.4 is 24.8 Å². The van der Waals surface area contributed by atoms with Gasteiger partial charge in [0.2, 0.25) is 12.7 Å². The minimum atomic E-state index is -0.461. The molecule has 0 saturated carbocycles. The lowest BCUT2D eigenvalue weighted by molar-refractivity contribution is -0.125. The van der Waals surface area contributed by atoms with Gasteiger partial charge in [-0.3, -0.25) is 9.59 Å². The Bertz CT molecular complexity index is 844. The fraction of sp³-hybridized carbons (Fsp3) is 0.176. The zero-order valence-corrected chi connectivity index (χ0v) is 14.9. The highest BCUT2D eigenvalue weighted by molar-refractivity contribution is 6.35. The highest BCUT2D eigenvalue weighted by atomic mass is 35.5. The molecule has 0 aliphatic carbocycles. The zero-order chi connectivity index (χ0) is 18.5. The Kier molecular flexibility index (Phi) is 5.70. The third-order valence-corrected chi connectivity index (χ3v) is 3.89. The van der Waals surface area contributed by atoms with Crippen molar-refractivity contribution in [1.29, 1.82) is 0 Å². The third-order valence-electron chi connectivity index (χ3n) is 3.36.